The van der Waals surface area contributed by atoms with Crippen LogP contribution < -0.4 is 14.8 Å². The van der Waals surface area contributed by atoms with E-state index in [1.807, 2.05) is 0 Å². The van der Waals surface area contributed by atoms with Gasteiger partial charge in [0.05, 0.1) is 29.9 Å². The Labute approximate surface area is 218 Å². The Morgan fingerprint density at radius 2 is 1.97 bits per heavy atom. The number of nitrogens with one attached hydrogen (secondary N) is 1. The van der Waals surface area contributed by atoms with Gasteiger partial charge in [0.2, 0.25) is 11.8 Å². The summed E-state index contributed by atoms with van der Waals surface area (Å²) < 4.78 is 17.4. The zero-order valence-electron chi connectivity index (χ0n) is 19.9. The first kappa shape index (κ1) is 27.7. The summed E-state index contributed by atoms with van der Waals surface area (Å²) in [6, 6.07) is 2.68. The van der Waals surface area contributed by atoms with Crippen LogP contribution in [-0.4, -0.2) is 90.8 Å². The molecule has 2 aliphatic carbocycles. The quantitative estimate of drug-likeness (QED) is 0.255. The molecule has 1 fully saturated rings. The summed E-state index contributed by atoms with van der Waals surface area (Å²) in [6.07, 6.45) is 1.62. The van der Waals surface area contributed by atoms with Gasteiger partial charge in [0.15, 0.2) is 11.5 Å². The number of halogens is 1. The number of methoxy groups -OCH3 is 2. The average Bonchev–Trinajstić information content (AvgIpc) is 3.67. The summed E-state index contributed by atoms with van der Waals surface area (Å²) in [5, 5.41) is 32.6. The van der Waals surface area contributed by atoms with Gasteiger partial charge in [0.1, 0.15) is 18.8 Å². The van der Waals surface area contributed by atoms with Crippen molar-refractivity contribution >= 4 is 34.4 Å². The molecule has 3 atom stereocenters. The summed E-state index contributed by atoms with van der Waals surface area (Å²) in [5.74, 6) is 0.427. The first-order valence-corrected chi connectivity index (χ1v) is 12.6. The second-order valence-corrected chi connectivity index (χ2v) is 9.87. The zero-order valence-corrected chi connectivity index (χ0v) is 22.1. The number of benzene rings is 1. The van der Waals surface area contributed by atoms with Crippen molar-refractivity contribution in [3.8, 4) is 11.5 Å². The van der Waals surface area contributed by atoms with Crippen LogP contribution in [0.1, 0.15) is 24.8 Å². The van der Waals surface area contributed by atoms with Crippen LogP contribution in [0.25, 0.3) is 0 Å². The van der Waals surface area contributed by atoms with Crippen molar-refractivity contribution in [1.82, 2.24) is 10.2 Å². The normalized spacial score (nSPS) is 21.8. The van der Waals surface area contributed by atoms with E-state index in [1.165, 1.54) is 14.2 Å². The highest BCUT2D eigenvalue weighted by atomic mass is 127. The van der Waals surface area contributed by atoms with Crippen LogP contribution in [-0.2, 0) is 20.9 Å². The zero-order chi connectivity index (χ0) is 25.5. The molecule has 0 saturated heterocycles. The van der Waals surface area contributed by atoms with Gasteiger partial charge in [0, 0.05) is 32.2 Å². The molecule has 0 aliphatic heterocycles. The molecule has 3 rings (SSSR count). The van der Waals surface area contributed by atoms with Crippen LogP contribution in [0.5, 0.6) is 11.5 Å². The topological polar surface area (TPSA) is 138 Å². The lowest BCUT2D eigenvalue weighted by molar-refractivity contribution is -0.142. The van der Waals surface area contributed by atoms with Crippen molar-refractivity contribution in [1.29, 1.82) is 0 Å². The first-order valence-electron chi connectivity index (χ1n) is 11.5. The van der Waals surface area contributed by atoms with Crippen LogP contribution >= 0.6 is 22.6 Å². The summed E-state index contributed by atoms with van der Waals surface area (Å²) in [7, 11) is 2.91. The lowest BCUT2D eigenvalue weighted by atomic mass is 9.88. The molecular weight excluding hydrogens is 571 g/mol. The fourth-order valence-electron chi connectivity index (χ4n) is 4.10. The Kier molecular flexibility index (Phi) is 10.2. The maximum atomic E-state index is 12.9. The third kappa shape index (κ3) is 7.06. The molecule has 1 aromatic rings. The van der Waals surface area contributed by atoms with Crippen LogP contribution in [0.15, 0.2) is 23.8 Å². The van der Waals surface area contributed by atoms with Gasteiger partial charge in [-0.3, -0.25) is 9.59 Å². The first-order chi connectivity index (χ1) is 16.8. The fraction of sp³-hybridized carbons (Fsp3) is 0.583. The number of ether oxygens (including phenoxy) is 3. The van der Waals surface area contributed by atoms with E-state index in [0.29, 0.717) is 38.7 Å². The molecule has 0 aromatic heterocycles. The van der Waals surface area contributed by atoms with Crippen molar-refractivity contribution in [3.63, 3.8) is 0 Å². The van der Waals surface area contributed by atoms with Crippen LogP contribution in [0.3, 0.4) is 0 Å². The molecule has 4 N–H and O–H groups in total. The Morgan fingerprint density at radius 3 is 2.57 bits per heavy atom. The molecule has 0 radical (unpaired) electrons. The Bertz CT molecular complexity index is 936. The fourth-order valence-corrected chi connectivity index (χ4v) is 4.89. The molecule has 1 aromatic carbocycles. The molecule has 194 valence electrons. The maximum Gasteiger partial charge on any atom is 0.248 e. The van der Waals surface area contributed by atoms with Crippen LogP contribution in [0.2, 0.25) is 0 Å². The number of aliphatic hydroxyl groups excluding tert-OH is 3. The van der Waals surface area contributed by atoms with Gasteiger partial charge in [0.25, 0.3) is 0 Å². The Balaban J connectivity index is 1.96. The SMILES string of the molecule is COCC(=O)N(CC1CC1)C1CC(C(=O)NCCO)=CC(Oc2c(I)cc(CO)cc2OC)C1O. The minimum atomic E-state index is -1.12. The molecule has 0 spiro atoms. The summed E-state index contributed by atoms with van der Waals surface area (Å²) in [5.41, 5.74) is 0.992. The molecule has 11 heteroatoms. The summed E-state index contributed by atoms with van der Waals surface area (Å²) in [4.78, 5) is 27.4. The van der Waals surface area contributed by atoms with E-state index in [2.05, 4.69) is 27.9 Å². The van der Waals surface area contributed by atoms with Crippen molar-refractivity contribution in [2.45, 2.75) is 44.1 Å². The Hall–Kier alpha value is -1.93. The third-order valence-corrected chi connectivity index (χ3v) is 6.88. The van der Waals surface area contributed by atoms with Crippen molar-refractivity contribution in [3.05, 3.63) is 32.9 Å². The van der Waals surface area contributed by atoms with Crippen molar-refractivity contribution < 1.29 is 39.1 Å². The van der Waals surface area contributed by atoms with Gasteiger partial charge in [-0.15, -0.1) is 0 Å². The van der Waals surface area contributed by atoms with Crippen molar-refractivity contribution in [2.75, 3.05) is 40.5 Å². The second kappa shape index (κ2) is 12.9. The van der Waals surface area contributed by atoms with E-state index in [1.54, 1.807) is 23.1 Å². The van der Waals surface area contributed by atoms with E-state index in [0.717, 1.165) is 12.8 Å². The van der Waals surface area contributed by atoms with Crippen LogP contribution in [0, 0.1) is 9.49 Å². The van der Waals surface area contributed by atoms with Crippen LogP contribution in [0.4, 0.5) is 0 Å². The predicted molar refractivity (Wildman–Crippen MR) is 135 cm³/mol. The van der Waals surface area contributed by atoms with E-state index < -0.39 is 24.2 Å². The molecule has 0 heterocycles. The standard InChI is InChI=1S/C24H33IN2O8/c1-33-13-21(30)27(11-14-3-4-14)18-9-16(24(32)26-5-6-28)10-19(22(18)31)35-23-17(25)7-15(12-29)8-20(23)34-2/h7-8,10,14,18-19,22,28-29,31H,3-6,9,11-13H2,1-2H3,(H,26,32). The number of hydrogen-bond donors (Lipinski definition) is 4. The summed E-state index contributed by atoms with van der Waals surface area (Å²) in [6.45, 7) is 0.0305. The van der Waals surface area contributed by atoms with Gasteiger partial charge in [-0.2, -0.15) is 0 Å². The smallest absolute Gasteiger partial charge is 0.248 e. The third-order valence-electron chi connectivity index (χ3n) is 6.08. The van der Waals surface area contributed by atoms with Gasteiger partial charge >= 0.3 is 0 Å². The number of carbonyl (C=O) groups is 2. The molecule has 3 unspecified atom stereocenters. The maximum absolute atomic E-state index is 12.9. The number of nitrogens with zero attached hydrogens (tertiary/aromatic N) is 1. The van der Waals surface area contributed by atoms with E-state index in [9.17, 15) is 19.8 Å². The minimum absolute atomic E-state index is 0.0810. The largest absolute Gasteiger partial charge is 0.493 e. The lowest BCUT2D eigenvalue weighted by Crippen LogP contribution is -2.56. The van der Waals surface area contributed by atoms with Gasteiger partial charge < -0.3 is 39.7 Å². The predicted octanol–water partition coefficient (Wildman–Crippen LogP) is 0.593. The molecule has 35 heavy (non-hydrogen) atoms. The summed E-state index contributed by atoms with van der Waals surface area (Å²) >= 11 is 2.06. The molecule has 0 bridgehead atoms. The minimum Gasteiger partial charge on any atom is -0.493 e. The molecule has 1 saturated carbocycles. The highest BCUT2D eigenvalue weighted by Gasteiger charge is 2.42. The number of amides is 2. The number of rotatable bonds is 12. The number of hydrogen-bond acceptors (Lipinski definition) is 8. The van der Waals surface area contributed by atoms with E-state index in [4.69, 9.17) is 19.3 Å². The van der Waals surface area contributed by atoms with Gasteiger partial charge in [-0.1, -0.05) is 0 Å². The van der Waals surface area contributed by atoms with Gasteiger partial charge in [-0.05, 0) is 65.1 Å². The van der Waals surface area contributed by atoms with E-state index in [-0.39, 0.29) is 38.7 Å². The average molecular weight is 604 g/mol. The Morgan fingerprint density at radius 1 is 1.23 bits per heavy atom. The second-order valence-electron chi connectivity index (χ2n) is 8.71. The van der Waals surface area contributed by atoms with E-state index >= 15 is 0 Å². The molecular formula is C24H33IN2O8. The monoisotopic (exact) mass is 604 g/mol. The van der Waals surface area contributed by atoms with Gasteiger partial charge in [-0.25, -0.2) is 0 Å². The van der Waals surface area contributed by atoms with Crippen molar-refractivity contribution in [2.24, 2.45) is 5.92 Å². The molecule has 2 amide bonds. The molecule has 2 aliphatic rings. The highest BCUT2D eigenvalue weighted by molar-refractivity contribution is 14.1. The number of aliphatic hydroxyl groups is 3. The number of carbonyl (C=O) groups excluding carboxylic acids is 2. The lowest BCUT2D eigenvalue weighted by Gasteiger charge is -2.40. The highest BCUT2D eigenvalue weighted by Crippen LogP contribution is 2.38. The molecule has 10 nitrogen and oxygen atoms in total.